The van der Waals surface area contributed by atoms with Crippen LogP contribution in [0.25, 0.3) is 0 Å². The first-order valence-corrected chi connectivity index (χ1v) is 8.30. The van der Waals surface area contributed by atoms with Gasteiger partial charge in [0.1, 0.15) is 5.82 Å². The van der Waals surface area contributed by atoms with Gasteiger partial charge in [0.25, 0.3) is 10.2 Å². The Morgan fingerprint density at radius 3 is 3.00 bits per heavy atom. The van der Waals surface area contributed by atoms with Gasteiger partial charge in [0.2, 0.25) is 5.82 Å². The summed E-state index contributed by atoms with van der Waals surface area (Å²) in [7, 11) is -4.65. The molecule has 0 radical (unpaired) electrons. The van der Waals surface area contributed by atoms with Crippen molar-refractivity contribution in [3.05, 3.63) is 34.1 Å². The molecule has 0 atom stereocenters. The molecule has 0 amide bonds. The van der Waals surface area contributed by atoms with Gasteiger partial charge in [-0.05, 0) is 44.4 Å². The Bertz CT molecular complexity index is 1130. The number of rotatable bonds is 7. The van der Waals surface area contributed by atoms with Gasteiger partial charge in [0.05, 0.1) is 15.6 Å². The van der Waals surface area contributed by atoms with Gasteiger partial charge < -0.3 is 5.32 Å². The molecule has 2 aromatic rings. The van der Waals surface area contributed by atoms with Crippen molar-refractivity contribution in [2.24, 2.45) is 10.1 Å². The number of anilines is 1. The number of nitrogens with two attached hydrogens (primary N) is 1. The molecule has 6 N–H and O–H groups in total. The van der Waals surface area contributed by atoms with Crippen LogP contribution in [0.1, 0.15) is 13.9 Å². The Kier molecular flexibility index (Phi) is 4.07. The number of benzene rings is 1. The highest BCUT2D eigenvalue weighted by molar-refractivity contribution is 9.10. The molecule has 11 nitrogen and oxygen atoms in total. The lowest BCUT2D eigenvalue weighted by atomic mass is 10.3. The van der Waals surface area contributed by atoms with E-state index in [2.05, 4.69) is 41.0 Å². The molecular weight excluding hydrogens is 425 g/mol. The molecule has 1 heterocycles. The molecule has 0 aliphatic carbocycles. The van der Waals surface area contributed by atoms with Crippen molar-refractivity contribution in [3.63, 3.8) is 0 Å². The van der Waals surface area contributed by atoms with Crippen molar-refractivity contribution in [1.29, 1.82) is 0 Å². The number of halogens is 2. The van der Waals surface area contributed by atoms with Crippen LogP contribution >= 0.6 is 15.9 Å². The van der Waals surface area contributed by atoms with Gasteiger partial charge in [-0.15, -0.1) is 0 Å². The van der Waals surface area contributed by atoms with Crippen molar-refractivity contribution < 1.29 is 30.9 Å². The van der Waals surface area contributed by atoms with E-state index in [1.807, 2.05) is 5.32 Å². The van der Waals surface area contributed by atoms with Crippen molar-refractivity contribution in [3.8, 4) is 0 Å². The van der Waals surface area contributed by atoms with Gasteiger partial charge >= 0.3 is 0 Å². The number of hydroxylamine groups is 1. The Morgan fingerprint density at radius 2 is 2.32 bits per heavy atom. The average Bonchev–Trinajstić information content (AvgIpc) is 3.05. The lowest BCUT2D eigenvalue weighted by molar-refractivity contribution is 0.234. The predicted octanol–water partition coefficient (Wildman–Crippen LogP) is 0.233. The van der Waals surface area contributed by atoms with Crippen LogP contribution in [-0.2, 0) is 10.2 Å². The third-order valence-corrected chi connectivity index (χ3v) is 3.22. The van der Waals surface area contributed by atoms with Crippen molar-refractivity contribution >= 4 is 43.5 Å². The van der Waals surface area contributed by atoms with Crippen LogP contribution in [0.2, 0.25) is 0 Å². The van der Waals surface area contributed by atoms with Crippen molar-refractivity contribution in [2.75, 3.05) is 18.3 Å². The molecule has 1 aromatic heterocycles. The highest BCUT2D eigenvalue weighted by Gasteiger charge is 2.16. The average molecular weight is 444 g/mol. The maximum Gasteiger partial charge on any atom is 0.274 e. The second-order valence-electron chi connectivity index (χ2n) is 3.98. The molecular formula is C11H13BrFN7O4S. The largest absolute Gasteiger partial charge is 0.364 e. The van der Waals surface area contributed by atoms with E-state index >= 15 is 0 Å². The fourth-order valence-electron chi connectivity index (χ4n) is 1.31. The lowest BCUT2D eigenvalue weighted by Gasteiger charge is -2.06. The number of nitrogens with one attached hydrogen (secondary N) is 3. The second-order valence-corrected chi connectivity index (χ2v) is 6.07. The number of nitrogens with zero attached hydrogens (tertiary/aromatic N) is 3. The summed E-state index contributed by atoms with van der Waals surface area (Å²) in [6, 6.07) is -0.372. The fourth-order valence-corrected chi connectivity index (χ4v) is 1.81. The van der Waals surface area contributed by atoms with E-state index in [1.165, 1.54) is 4.72 Å². The SMILES string of the molecule is [2H]c1cc(F)c(Br)c([2H])c1N=C(NO)c1nonc1NC([2H])([2H])C([2H])([2H])NS(N)(=O)=O. The van der Waals surface area contributed by atoms with Crippen LogP contribution in [0.4, 0.5) is 15.9 Å². The highest BCUT2D eigenvalue weighted by Crippen LogP contribution is 2.23. The zero-order valence-corrected chi connectivity index (χ0v) is 14.2. The molecule has 0 saturated carbocycles. The van der Waals surface area contributed by atoms with E-state index < -0.39 is 64.1 Å². The summed E-state index contributed by atoms with van der Waals surface area (Å²) in [4.78, 5) is 3.77. The summed E-state index contributed by atoms with van der Waals surface area (Å²) >= 11 is 2.81. The zero-order valence-electron chi connectivity index (χ0n) is 17.8. The normalized spacial score (nSPS) is 16.9. The van der Waals surface area contributed by atoms with Crippen LogP contribution in [0.15, 0.2) is 32.2 Å². The van der Waals surface area contributed by atoms with Crippen LogP contribution in [0.3, 0.4) is 0 Å². The summed E-state index contributed by atoms with van der Waals surface area (Å²) in [5.41, 5.74) is 0.573. The number of hydrogen-bond donors (Lipinski definition) is 5. The third kappa shape index (κ3) is 5.71. The van der Waals surface area contributed by atoms with Gasteiger partial charge in [0, 0.05) is 15.7 Å². The minimum Gasteiger partial charge on any atom is -0.364 e. The second kappa shape index (κ2) is 8.30. The van der Waals surface area contributed by atoms with Gasteiger partial charge in [-0.1, -0.05) is 0 Å². The Balaban J connectivity index is 2.49. The van der Waals surface area contributed by atoms with Crippen LogP contribution < -0.4 is 20.7 Å². The van der Waals surface area contributed by atoms with Crippen LogP contribution in [-0.4, -0.2) is 42.8 Å². The molecule has 0 saturated heterocycles. The van der Waals surface area contributed by atoms with E-state index in [0.717, 1.165) is 6.07 Å². The molecule has 0 aliphatic heterocycles. The predicted molar refractivity (Wildman–Crippen MR) is 89.1 cm³/mol. The van der Waals surface area contributed by atoms with Gasteiger partial charge in [-0.25, -0.2) is 23.9 Å². The summed E-state index contributed by atoms with van der Waals surface area (Å²) < 4.78 is 87.5. The summed E-state index contributed by atoms with van der Waals surface area (Å²) in [5, 5.41) is 22.6. The first-order chi connectivity index (χ1) is 14.1. The number of aliphatic imine (C=N–C) groups is 1. The minimum atomic E-state index is -4.65. The van der Waals surface area contributed by atoms with Crippen molar-refractivity contribution in [2.45, 2.75) is 0 Å². The molecule has 25 heavy (non-hydrogen) atoms. The Morgan fingerprint density at radius 1 is 1.56 bits per heavy atom. The van der Waals surface area contributed by atoms with E-state index in [1.54, 1.807) is 5.48 Å². The van der Waals surface area contributed by atoms with Gasteiger partial charge in [0.15, 0.2) is 11.5 Å². The molecule has 2 rings (SSSR count). The monoisotopic (exact) mass is 443 g/mol. The van der Waals surface area contributed by atoms with Crippen molar-refractivity contribution in [1.82, 2.24) is 20.5 Å². The number of hydrogen-bond acceptors (Lipinski definition) is 8. The molecule has 0 spiro atoms. The minimum absolute atomic E-state index is 0.324. The molecule has 0 aliphatic rings. The standard InChI is InChI=1S/C11H13BrFN7O4S/c12-7-5-6(1-2-8(7)13)17-11(18-21)9-10(20-24-19-9)15-3-4-16-25(14,22)23/h1-2,5,16,21H,3-4H2,(H,15,20)(H,17,18)(H2,14,22,23)/i1D,3D2,4D2,5D. The number of amidine groups is 1. The van der Waals surface area contributed by atoms with Crippen LogP contribution in [0, 0.1) is 5.82 Å². The van der Waals surface area contributed by atoms with E-state index in [4.69, 9.17) is 8.22 Å². The summed E-state index contributed by atoms with van der Waals surface area (Å²) in [6.45, 7) is -6.50. The Labute approximate surface area is 158 Å². The van der Waals surface area contributed by atoms with E-state index in [0.29, 0.717) is 0 Å². The molecule has 136 valence electrons. The molecule has 1 aromatic carbocycles. The molecule has 0 unspecified atom stereocenters. The first kappa shape index (κ1) is 12.3. The summed E-state index contributed by atoms with van der Waals surface area (Å²) in [6.07, 6.45) is 0. The zero-order chi connectivity index (χ0) is 23.8. The van der Waals surface area contributed by atoms with Gasteiger partial charge in [-0.2, -0.15) is 8.42 Å². The first-order valence-electron chi connectivity index (χ1n) is 8.96. The van der Waals surface area contributed by atoms with E-state index in [-0.39, 0.29) is 4.47 Å². The molecule has 0 fully saturated rings. The fraction of sp³-hybridized carbons (Fsp3) is 0.182. The quantitative estimate of drug-likeness (QED) is 0.230. The molecule has 14 heteroatoms. The lowest BCUT2D eigenvalue weighted by Crippen LogP contribution is -2.34. The smallest absolute Gasteiger partial charge is 0.274 e. The summed E-state index contributed by atoms with van der Waals surface area (Å²) in [5.74, 6) is -2.22. The molecule has 0 bridgehead atoms. The van der Waals surface area contributed by atoms with Gasteiger partial charge in [-0.3, -0.25) is 10.7 Å². The highest BCUT2D eigenvalue weighted by atomic mass is 79.9. The topological polar surface area (TPSA) is 168 Å². The maximum atomic E-state index is 13.6. The maximum absolute atomic E-state index is 13.6. The van der Waals surface area contributed by atoms with E-state index in [9.17, 15) is 18.0 Å². The third-order valence-electron chi connectivity index (χ3n) is 2.25. The van der Waals surface area contributed by atoms with Crippen LogP contribution in [0.5, 0.6) is 0 Å². The Hall–Kier alpha value is -2.13. The number of aromatic nitrogens is 2.